The highest BCUT2D eigenvalue weighted by molar-refractivity contribution is 7.22. The fraction of sp³-hybridized carbons (Fsp3) is 0.438. The number of hydrogen-bond acceptors (Lipinski definition) is 12. The minimum Gasteiger partial charge on any atom is -0.475 e. The first-order valence-corrected chi connectivity index (χ1v) is 24.8. The number of likely N-dealkylation sites (N-methyl/N-ethyl adjacent to an activating group) is 1. The Morgan fingerprint density at radius 2 is 1.66 bits per heavy atom. The van der Waals surface area contributed by atoms with Gasteiger partial charge in [0, 0.05) is 32.2 Å². The smallest absolute Gasteiger partial charge is 0.413 e. The number of ether oxygens (including phenoxy) is 3. The number of anilines is 2. The van der Waals surface area contributed by atoms with Gasteiger partial charge in [0.25, 0.3) is 8.32 Å². The number of aromatic nitrogens is 4. The maximum absolute atomic E-state index is 17.5. The zero-order chi connectivity index (χ0) is 45.9. The molecule has 17 heteroatoms. The minimum atomic E-state index is -2.89. The van der Waals surface area contributed by atoms with Gasteiger partial charge in [-0.15, -0.1) is 0 Å². The van der Waals surface area contributed by atoms with Gasteiger partial charge in [-0.3, -0.25) is 10.2 Å². The summed E-state index contributed by atoms with van der Waals surface area (Å²) in [5, 5.41) is 4.95. The number of fused-ring (bicyclic) bond motifs is 2. The Balaban J connectivity index is 1.10. The van der Waals surface area contributed by atoms with Gasteiger partial charge in [-0.05, 0) is 74.1 Å². The Morgan fingerprint density at radius 1 is 0.954 bits per heavy atom. The summed E-state index contributed by atoms with van der Waals surface area (Å²) in [4.78, 5) is 35.6. The number of alkyl halides is 1. The molecule has 9 rings (SSSR count). The molecule has 0 aliphatic carbocycles. The summed E-state index contributed by atoms with van der Waals surface area (Å²) >= 11 is 0.888. The summed E-state index contributed by atoms with van der Waals surface area (Å²) < 4.78 is 73.4. The first kappa shape index (κ1) is 44.8. The van der Waals surface area contributed by atoms with Crippen LogP contribution >= 0.6 is 11.3 Å². The SMILES string of the molecule is CN1c2nc(OC[C@@]34CCCN3C[C@H](F)C4)nc3c(F)c(-c4ccc(F)c5sc(NC(=O)OC(C)(C)C)nc45)nc(c23)OC[C@@H]1CCO[Si](c1ccccc1)(c1ccccc1)C(C)(C)C. The summed E-state index contributed by atoms with van der Waals surface area (Å²) in [6.45, 7) is 13.6. The maximum atomic E-state index is 17.5. The first-order chi connectivity index (χ1) is 31.0. The van der Waals surface area contributed by atoms with E-state index in [2.05, 4.69) is 89.5 Å². The van der Waals surface area contributed by atoms with Gasteiger partial charge in [-0.25, -0.2) is 27.9 Å². The van der Waals surface area contributed by atoms with Crippen LogP contribution in [0.5, 0.6) is 11.9 Å². The van der Waals surface area contributed by atoms with Crippen molar-refractivity contribution in [2.75, 3.05) is 50.2 Å². The van der Waals surface area contributed by atoms with E-state index in [-0.39, 0.29) is 73.7 Å². The van der Waals surface area contributed by atoms with Crippen LogP contribution in [0.3, 0.4) is 0 Å². The molecule has 12 nitrogen and oxygen atoms in total. The third-order valence-electron chi connectivity index (χ3n) is 12.8. The molecule has 1 amide bonds. The highest BCUT2D eigenvalue weighted by atomic mass is 32.1. The van der Waals surface area contributed by atoms with Gasteiger partial charge in [-0.1, -0.05) is 92.8 Å². The molecule has 0 radical (unpaired) electrons. The topological polar surface area (TPSA) is 124 Å². The average molecular weight is 926 g/mol. The Kier molecular flexibility index (Phi) is 11.8. The summed E-state index contributed by atoms with van der Waals surface area (Å²) in [6.07, 6.45) is 0.786. The van der Waals surface area contributed by atoms with E-state index in [4.69, 9.17) is 28.6 Å². The summed E-state index contributed by atoms with van der Waals surface area (Å²) in [5.74, 6) is -1.00. The largest absolute Gasteiger partial charge is 0.475 e. The molecule has 6 heterocycles. The molecule has 0 bridgehead atoms. The Bertz CT molecular complexity index is 2700. The van der Waals surface area contributed by atoms with Gasteiger partial charge in [0.15, 0.2) is 10.9 Å². The molecule has 65 heavy (non-hydrogen) atoms. The van der Waals surface area contributed by atoms with Crippen molar-refractivity contribution in [3.05, 3.63) is 84.4 Å². The molecule has 3 aliphatic rings. The van der Waals surface area contributed by atoms with Crippen LogP contribution < -0.4 is 30.1 Å². The minimum absolute atomic E-state index is 0.0593. The fourth-order valence-electron chi connectivity index (χ4n) is 9.81. The van der Waals surface area contributed by atoms with E-state index in [9.17, 15) is 9.18 Å². The first-order valence-electron chi connectivity index (χ1n) is 22.1. The lowest BCUT2D eigenvalue weighted by Crippen LogP contribution is -2.66. The van der Waals surface area contributed by atoms with Crippen molar-refractivity contribution < 1.29 is 36.6 Å². The number of carbonyl (C=O) groups is 1. The monoisotopic (exact) mass is 925 g/mol. The molecular formula is C48H54F3N7O5SSi. The van der Waals surface area contributed by atoms with Crippen molar-refractivity contribution in [2.24, 2.45) is 0 Å². The van der Waals surface area contributed by atoms with Crippen LogP contribution in [-0.4, -0.2) is 103 Å². The van der Waals surface area contributed by atoms with Crippen LogP contribution in [-0.2, 0) is 9.16 Å². The molecule has 3 atom stereocenters. The molecule has 6 aromatic rings. The lowest BCUT2D eigenvalue weighted by atomic mass is 9.95. The van der Waals surface area contributed by atoms with Crippen molar-refractivity contribution in [1.29, 1.82) is 0 Å². The number of halogens is 3. The van der Waals surface area contributed by atoms with E-state index in [1.165, 1.54) is 12.1 Å². The van der Waals surface area contributed by atoms with Crippen molar-refractivity contribution in [3.8, 4) is 23.1 Å². The molecule has 342 valence electrons. The van der Waals surface area contributed by atoms with Crippen molar-refractivity contribution in [2.45, 2.75) is 95.6 Å². The van der Waals surface area contributed by atoms with E-state index in [1.807, 2.05) is 24.1 Å². The van der Waals surface area contributed by atoms with Crippen LogP contribution in [0.25, 0.3) is 32.4 Å². The maximum Gasteiger partial charge on any atom is 0.413 e. The van der Waals surface area contributed by atoms with Crippen LogP contribution in [0.2, 0.25) is 5.04 Å². The van der Waals surface area contributed by atoms with Crippen molar-refractivity contribution in [1.82, 2.24) is 24.8 Å². The van der Waals surface area contributed by atoms with Gasteiger partial charge < -0.3 is 23.5 Å². The third kappa shape index (κ3) is 8.40. The standard InChI is InChI=1S/C48H54F3N7O5SSi/c1-46(2,3)63-45(59)56-44-54-38-33(19-20-34(50)40(38)64-44)37-36(51)39-35-41(55-43(53-39)61-28-48-22-14-23-58(48)26-29(49)25-48)57(7)30(27-60-42(35)52-37)21-24-62-65(47(4,5)6,31-15-10-8-11-16-31)32-17-12-9-13-18-32/h8-13,15-20,29-30H,14,21-28H2,1-7H3,(H,54,56,59)/t29-,30+,48+/m1/s1. The predicted molar refractivity (Wildman–Crippen MR) is 250 cm³/mol. The molecule has 1 N–H and O–H groups in total. The zero-order valence-corrected chi connectivity index (χ0v) is 39.5. The van der Waals surface area contributed by atoms with Crippen LogP contribution in [0.4, 0.5) is 28.9 Å². The van der Waals surface area contributed by atoms with E-state index in [1.54, 1.807) is 20.8 Å². The second kappa shape index (κ2) is 17.1. The number of carbonyl (C=O) groups excluding carboxylic acids is 1. The molecular weight excluding hydrogens is 872 g/mol. The summed E-state index contributed by atoms with van der Waals surface area (Å²) in [6, 6.07) is 23.1. The Hall–Kier alpha value is -5.36. The van der Waals surface area contributed by atoms with Crippen LogP contribution in [0, 0.1) is 11.6 Å². The Morgan fingerprint density at radius 3 is 2.34 bits per heavy atom. The van der Waals surface area contributed by atoms with Gasteiger partial charge in [0.2, 0.25) is 5.88 Å². The van der Waals surface area contributed by atoms with Gasteiger partial charge in [0.1, 0.15) is 53.2 Å². The number of benzene rings is 3. The molecule has 3 aliphatic heterocycles. The highest BCUT2D eigenvalue weighted by Crippen LogP contribution is 2.45. The van der Waals surface area contributed by atoms with Gasteiger partial charge in [0.05, 0.1) is 21.8 Å². The second-order valence-corrected chi connectivity index (χ2v) is 24.6. The number of nitrogens with zero attached hydrogens (tertiary/aromatic N) is 6. The normalized spacial score (nSPS) is 20.2. The van der Waals surface area contributed by atoms with E-state index >= 15 is 8.78 Å². The molecule has 2 saturated heterocycles. The van der Waals surface area contributed by atoms with E-state index in [0.29, 0.717) is 31.8 Å². The second-order valence-electron chi connectivity index (χ2n) is 19.3. The number of hydrogen-bond donors (Lipinski definition) is 1. The lowest BCUT2D eigenvalue weighted by Gasteiger charge is -2.43. The van der Waals surface area contributed by atoms with E-state index in [0.717, 1.165) is 41.1 Å². The molecule has 3 aromatic carbocycles. The van der Waals surface area contributed by atoms with E-state index < -0.39 is 43.4 Å². The summed E-state index contributed by atoms with van der Waals surface area (Å²) in [7, 11) is -1.01. The number of nitrogens with one attached hydrogen (secondary N) is 1. The molecule has 0 unspecified atom stereocenters. The van der Waals surface area contributed by atoms with Crippen molar-refractivity contribution >= 4 is 68.2 Å². The van der Waals surface area contributed by atoms with Crippen LogP contribution in [0.15, 0.2) is 72.8 Å². The molecule has 2 fully saturated rings. The highest BCUT2D eigenvalue weighted by Gasteiger charge is 2.51. The number of thiazole rings is 1. The molecule has 0 saturated carbocycles. The number of rotatable bonds is 11. The number of amides is 1. The fourth-order valence-corrected chi connectivity index (χ4v) is 15.3. The van der Waals surface area contributed by atoms with Gasteiger partial charge >= 0.3 is 12.1 Å². The Labute approximate surface area is 381 Å². The number of pyridine rings is 1. The van der Waals surface area contributed by atoms with Gasteiger partial charge in [-0.2, -0.15) is 9.97 Å². The average Bonchev–Trinajstić information content (AvgIpc) is 3.92. The third-order valence-corrected chi connectivity index (χ3v) is 18.8. The summed E-state index contributed by atoms with van der Waals surface area (Å²) in [5.41, 5.74) is -1.36. The lowest BCUT2D eigenvalue weighted by molar-refractivity contribution is 0.0636. The molecule has 3 aromatic heterocycles. The van der Waals surface area contributed by atoms with Crippen molar-refractivity contribution in [3.63, 3.8) is 0 Å². The quantitative estimate of drug-likeness (QED) is 0.125. The zero-order valence-electron chi connectivity index (χ0n) is 37.7. The van der Waals surface area contributed by atoms with Crippen LogP contribution in [0.1, 0.15) is 67.2 Å². The predicted octanol–water partition coefficient (Wildman–Crippen LogP) is 9.05. The molecule has 0 spiro atoms.